The first kappa shape index (κ1) is 35.0. The zero-order valence-corrected chi connectivity index (χ0v) is 30.6. The zero-order chi connectivity index (χ0) is 36.4. The third kappa shape index (κ3) is 7.61. The van der Waals surface area contributed by atoms with E-state index in [1.807, 2.05) is 75.9 Å². The van der Waals surface area contributed by atoms with Crippen LogP contribution in [0.25, 0.3) is 5.65 Å². The highest BCUT2D eigenvalue weighted by atomic mass is 16.6. The van der Waals surface area contributed by atoms with Crippen LogP contribution in [0.5, 0.6) is 5.75 Å². The van der Waals surface area contributed by atoms with Gasteiger partial charge >= 0.3 is 12.1 Å². The van der Waals surface area contributed by atoms with Crippen LogP contribution < -0.4 is 15.4 Å². The summed E-state index contributed by atoms with van der Waals surface area (Å²) >= 11 is 0. The number of fused-ring (bicyclic) bond motifs is 2. The number of hydrogen-bond donors (Lipinski definition) is 2. The Morgan fingerprint density at radius 3 is 2.37 bits per heavy atom. The van der Waals surface area contributed by atoms with Crippen LogP contribution in [0.3, 0.4) is 0 Å². The van der Waals surface area contributed by atoms with Crippen molar-refractivity contribution in [2.75, 3.05) is 18.4 Å². The van der Waals surface area contributed by atoms with E-state index in [0.717, 1.165) is 46.0 Å². The number of hydrogen-bond acceptors (Lipinski definition) is 7. The number of nitrogens with one attached hydrogen (secondary N) is 2. The molecule has 2 atom stereocenters. The Bertz CT molecular complexity index is 2020. The third-order valence-electron chi connectivity index (χ3n) is 9.96. The van der Waals surface area contributed by atoms with Gasteiger partial charge in [-0.1, -0.05) is 89.2 Å². The van der Waals surface area contributed by atoms with Gasteiger partial charge in [-0.3, -0.25) is 9.72 Å². The van der Waals surface area contributed by atoms with Crippen LogP contribution in [-0.2, 0) is 16.8 Å². The van der Waals surface area contributed by atoms with Gasteiger partial charge in [-0.25, -0.2) is 14.3 Å². The molecule has 0 bridgehead atoms. The Kier molecular flexibility index (Phi) is 9.90. The lowest BCUT2D eigenvalue weighted by Gasteiger charge is -2.33. The van der Waals surface area contributed by atoms with E-state index >= 15 is 0 Å². The first-order valence-corrected chi connectivity index (χ1v) is 18.3. The highest BCUT2D eigenvalue weighted by Crippen LogP contribution is 2.39. The van der Waals surface area contributed by atoms with E-state index in [1.54, 1.807) is 4.90 Å². The standard InChI is InChI=1S/C40H48N8O4/c1-26(2)37-44-43-35-18-15-29(24-47(35)37)52-33-17-16-32(30-13-9-10-14-31(30)33)41-38(49)42-36-23-34(40(3,4)5)45-48(36)28-19-21-46(22-20-28)39(50)51-25-27-11-7-6-8-12-27/h6-15,18,23-24,26,28,32-33H,16-17,19-22,25H2,1-5H3,(H2,41,42,49)/t32-,33+/m0/s1. The summed E-state index contributed by atoms with van der Waals surface area (Å²) in [6.45, 7) is 11.9. The number of amides is 3. The van der Waals surface area contributed by atoms with Crippen LogP contribution in [0.4, 0.5) is 15.4 Å². The van der Waals surface area contributed by atoms with Gasteiger partial charge in [0, 0.05) is 30.5 Å². The number of piperidine rings is 1. The monoisotopic (exact) mass is 704 g/mol. The van der Waals surface area contributed by atoms with Crippen molar-refractivity contribution in [2.24, 2.45) is 0 Å². The Morgan fingerprint density at radius 2 is 1.63 bits per heavy atom. The van der Waals surface area contributed by atoms with Crippen molar-refractivity contribution in [3.8, 4) is 5.75 Å². The molecule has 1 aliphatic heterocycles. The van der Waals surface area contributed by atoms with Crippen molar-refractivity contribution in [2.45, 2.75) is 96.4 Å². The summed E-state index contributed by atoms with van der Waals surface area (Å²) in [6, 6.07) is 23.2. The molecule has 0 saturated carbocycles. The first-order chi connectivity index (χ1) is 25.0. The highest BCUT2D eigenvalue weighted by molar-refractivity contribution is 5.88. The fourth-order valence-electron chi connectivity index (χ4n) is 7.09. The van der Waals surface area contributed by atoms with Gasteiger partial charge in [0.2, 0.25) is 0 Å². The molecule has 0 spiro atoms. The number of rotatable bonds is 8. The zero-order valence-electron chi connectivity index (χ0n) is 30.6. The number of benzene rings is 2. The van der Waals surface area contributed by atoms with Gasteiger partial charge in [0.05, 0.1) is 24.0 Å². The van der Waals surface area contributed by atoms with Crippen molar-refractivity contribution in [3.63, 3.8) is 0 Å². The molecule has 2 N–H and O–H groups in total. The largest absolute Gasteiger partial charge is 0.484 e. The Morgan fingerprint density at radius 1 is 0.904 bits per heavy atom. The third-order valence-corrected chi connectivity index (χ3v) is 9.96. The fraction of sp³-hybridized carbons (Fsp3) is 0.425. The molecule has 1 fully saturated rings. The number of likely N-dealkylation sites (tertiary alicyclic amines) is 1. The van der Waals surface area contributed by atoms with Crippen molar-refractivity contribution in [1.82, 2.24) is 34.6 Å². The number of pyridine rings is 1. The van der Waals surface area contributed by atoms with Crippen LogP contribution >= 0.6 is 0 Å². The van der Waals surface area contributed by atoms with E-state index in [0.29, 0.717) is 38.2 Å². The molecule has 5 aromatic rings. The number of aromatic nitrogens is 5. The summed E-state index contributed by atoms with van der Waals surface area (Å²) in [5.74, 6) is 2.51. The molecule has 3 amide bonds. The molecule has 4 heterocycles. The number of ether oxygens (including phenoxy) is 2. The van der Waals surface area contributed by atoms with E-state index in [1.165, 1.54) is 0 Å². The Labute approximate surface area is 304 Å². The maximum atomic E-state index is 13.7. The lowest BCUT2D eigenvalue weighted by atomic mass is 9.85. The average molecular weight is 705 g/mol. The van der Waals surface area contributed by atoms with Crippen molar-refractivity contribution in [3.05, 3.63) is 107 Å². The lowest BCUT2D eigenvalue weighted by Crippen LogP contribution is -2.40. The summed E-state index contributed by atoms with van der Waals surface area (Å²) in [4.78, 5) is 28.3. The first-order valence-electron chi connectivity index (χ1n) is 18.3. The quantitative estimate of drug-likeness (QED) is 0.167. The fourth-order valence-corrected chi connectivity index (χ4v) is 7.09. The average Bonchev–Trinajstić information content (AvgIpc) is 3.77. The minimum atomic E-state index is -0.312. The van der Waals surface area contributed by atoms with Crippen LogP contribution in [0, 0.1) is 0 Å². The summed E-state index contributed by atoms with van der Waals surface area (Å²) in [7, 11) is 0. The second-order valence-electron chi connectivity index (χ2n) is 15.1. The number of urea groups is 1. The van der Waals surface area contributed by atoms with Gasteiger partial charge < -0.3 is 19.7 Å². The van der Waals surface area contributed by atoms with Crippen LogP contribution in [0.15, 0.2) is 79.0 Å². The molecule has 2 aromatic carbocycles. The van der Waals surface area contributed by atoms with Gasteiger partial charge in [-0.2, -0.15) is 5.10 Å². The highest BCUT2D eigenvalue weighted by Gasteiger charge is 2.32. The molecular formula is C40H48N8O4. The normalized spacial score (nSPS) is 17.9. The number of carbonyl (C=O) groups excluding carboxylic acids is 2. The molecule has 1 saturated heterocycles. The molecule has 7 rings (SSSR count). The smallest absolute Gasteiger partial charge is 0.410 e. The van der Waals surface area contributed by atoms with Crippen LogP contribution in [-0.4, -0.2) is 54.5 Å². The van der Waals surface area contributed by atoms with E-state index in [-0.39, 0.29) is 48.3 Å². The van der Waals surface area contributed by atoms with Gasteiger partial charge in [0.15, 0.2) is 5.65 Å². The van der Waals surface area contributed by atoms with Crippen molar-refractivity contribution < 1.29 is 19.1 Å². The molecule has 2 aliphatic rings. The molecule has 12 heteroatoms. The number of carbonyl (C=O) groups is 2. The van der Waals surface area contributed by atoms with Gasteiger partial charge in [-0.05, 0) is 54.5 Å². The predicted octanol–water partition coefficient (Wildman–Crippen LogP) is 8.10. The molecule has 1 aliphatic carbocycles. The summed E-state index contributed by atoms with van der Waals surface area (Å²) in [5.41, 5.74) is 4.51. The minimum absolute atomic E-state index is 0.0202. The minimum Gasteiger partial charge on any atom is -0.484 e. The van der Waals surface area contributed by atoms with Crippen LogP contribution in [0.1, 0.15) is 113 Å². The molecule has 12 nitrogen and oxygen atoms in total. The number of anilines is 1. The second-order valence-corrected chi connectivity index (χ2v) is 15.1. The van der Waals surface area contributed by atoms with Gasteiger partial charge in [0.1, 0.15) is 30.1 Å². The Hall–Kier alpha value is -5.39. The molecule has 0 radical (unpaired) electrons. The predicted molar refractivity (Wildman–Crippen MR) is 198 cm³/mol. The SMILES string of the molecule is CC(C)c1nnc2ccc(O[C@@H]3CC[C@H](NC(=O)Nc4cc(C(C)(C)C)nn4C4CCN(C(=O)OCc5ccccc5)CC4)c4ccccc43)cn12. The maximum Gasteiger partial charge on any atom is 0.410 e. The number of nitrogens with zero attached hydrogens (tertiary/aromatic N) is 6. The van der Waals surface area contributed by atoms with E-state index in [4.69, 9.17) is 14.6 Å². The summed E-state index contributed by atoms with van der Waals surface area (Å²) in [6.07, 6.45) is 4.33. The van der Waals surface area contributed by atoms with Crippen molar-refractivity contribution >= 4 is 23.6 Å². The van der Waals surface area contributed by atoms with E-state index < -0.39 is 0 Å². The topological polar surface area (TPSA) is 128 Å². The maximum absolute atomic E-state index is 13.7. The van der Waals surface area contributed by atoms with Crippen molar-refractivity contribution in [1.29, 1.82) is 0 Å². The van der Waals surface area contributed by atoms with E-state index in [9.17, 15) is 9.59 Å². The molecule has 272 valence electrons. The van der Waals surface area contributed by atoms with E-state index in [2.05, 4.69) is 67.6 Å². The Balaban J connectivity index is 1.01. The second kappa shape index (κ2) is 14.7. The van der Waals surface area contributed by atoms with Gasteiger partial charge in [0.25, 0.3) is 0 Å². The van der Waals surface area contributed by atoms with Gasteiger partial charge in [-0.15, -0.1) is 10.2 Å². The molecule has 0 unspecified atom stereocenters. The summed E-state index contributed by atoms with van der Waals surface area (Å²) in [5, 5.41) is 20.0. The molecular weight excluding hydrogens is 656 g/mol. The van der Waals surface area contributed by atoms with Crippen LogP contribution in [0.2, 0.25) is 0 Å². The lowest BCUT2D eigenvalue weighted by molar-refractivity contribution is 0.0822. The molecule has 52 heavy (non-hydrogen) atoms. The molecule has 3 aromatic heterocycles. The summed E-state index contributed by atoms with van der Waals surface area (Å²) < 4.78 is 16.1.